The molecule has 1 aromatic carbocycles. The van der Waals surface area contributed by atoms with Gasteiger partial charge in [-0.2, -0.15) is 5.10 Å². The highest BCUT2D eigenvalue weighted by Crippen LogP contribution is 2.22. The van der Waals surface area contributed by atoms with E-state index >= 15 is 0 Å². The van der Waals surface area contributed by atoms with Gasteiger partial charge in [0.1, 0.15) is 5.82 Å². The van der Waals surface area contributed by atoms with Crippen molar-refractivity contribution in [3.63, 3.8) is 0 Å². The summed E-state index contributed by atoms with van der Waals surface area (Å²) in [5.74, 6) is -0.370. The van der Waals surface area contributed by atoms with Crippen LogP contribution >= 0.6 is 0 Å². The van der Waals surface area contributed by atoms with E-state index in [1.54, 1.807) is 22.9 Å². The van der Waals surface area contributed by atoms with E-state index < -0.39 is 0 Å². The van der Waals surface area contributed by atoms with Crippen LogP contribution in [0.4, 0.5) is 10.1 Å². The van der Waals surface area contributed by atoms with E-state index in [1.807, 2.05) is 27.8 Å². The minimum atomic E-state index is -0.288. The molecular formula is C23H32FN5O2. The molecule has 0 unspecified atom stereocenters. The summed E-state index contributed by atoms with van der Waals surface area (Å²) in [5.41, 5.74) is 3.09. The number of hydrogen-bond donors (Lipinski definition) is 2. The van der Waals surface area contributed by atoms with Gasteiger partial charge in [0.25, 0.3) is 0 Å². The molecule has 8 heteroatoms. The van der Waals surface area contributed by atoms with Gasteiger partial charge >= 0.3 is 0 Å². The summed E-state index contributed by atoms with van der Waals surface area (Å²) < 4.78 is 15.4. The van der Waals surface area contributed by atoms with Crippen molar-refractivity contribution in [3.8, 4) is 0 Å². The monoisotopic (exact) mass is 429 g/mol. The number of nitrogens with zero attached hydrogens (tertiary/aromatic N) is 3. The second-order valence-electron chi connectivity index (χ2n) is 8.28. The zero-order valence-electron chi connectivity index (χ0n) is 18.7. The van der Waals surface area contributed by atoms with Crippen LogP contribution in [0.25, 0.3) is 0 Å². The summed E-state index contributed by atoms with van der Waals surface area (Å²) >= 11 is 0. The number of amides is 2. The molecule has 168 valence electrons. The number of piperidine rings is 1. The molecular weight excluding hydrogens is 397 g/mol. The fourth-order valence-corrected chi connectivity index (χ4v) is 4.06. The van der Waals surface area contributed by atoms with Crippen LogP contribution in [-0.4, -0.2) is 52.2 Å². The maximum atomic E-state index is 13.7. The molecule has 1 aliphatic rings. The molecule has 0 bridgehead atoms. The molecule has 0 spiro atoms. The lowest BCUT2D eigenvalue weighted by Gasteiger charge is -2.34. The SMILES string of the molecule is Cc1nn(C)c(C)c1NC(=O)[C@H](C)N1CCC(C(=O)NCCc2ccccc2F)CC1. The number of aryl methyl sites for hydroxylation is 2. The molecule has 1 aromatic heterocycles. The minimum Gasteiger partial charge on any atom is -0.356 e. The maximum absolute atomic E-state index is 13.7. The second-order valence-corrected chi connectivity index (χ2v) is 8.28. The fraction of sp³-hybridized carbons (Fsp3) is 0.522. The molecule has 2 heterocycles. The van der Waals surface area contributed by atoms with E-state index in [9.17, 15) is 14.0 Å². The summed E-state index contributed by atoms with van der Waals surface area (Å²) in [5, 5.41) is 10.3. The molecule has 2 aromatic rings. The van der Waals surface area contributed by atoms with E-state index in [-0.39, 0.29) is 29.6 Å². The van der Waals surface area contributed by atoms with Gasteiger partial charge in [-0.05, 0) is 64.8 Å². The van der Waals surface area contributed by atoms with E-state index in [4.69, 9.17) is 0 Å². The van der Waals surface area contributed by atoms with Crippen LogP contribution in [-0.2, 0) is 23.1 Å². The van der Waals surface area contributed by atoms with Gasteiger partial charge in [0.05, 0.1) is 23.1 Å². The number of nitrogens with one attached hydrogen (secondary N) is 2. The third-order valence-corrected chi connectivity index (χ3v) is 6.24. The number of carbonyl (C=O) groups is 2. The first-order valence-corrected chi connectivity index (χ1v) is 10.8. The van der Waals surface area contributed by atoms with Crippen molar-refractivity contribution in [2.24, 2.45) is 13.0 Å². The molecule has 2 amide bonds. The second kappa shape index (κ2) is 10.0. The number of likely N-dealkylation sites (tertiary alicyclic amines) is 1. The Hall–Kier alpha value is -2.74. The van der Waals surface area contributed by atoms with E-state index in [0.29, 0.717) is 44.5 Å². The normalized spacial score (nSPS) is 16.2. The lowest BCUT2D eigenvalue weighted by atomic mass is 9.94. The molecule has 0 saturated carbocycles. The van der Waals surface area contributed by atoms with Crippen LogP contribution in [0, 0.1) is 25.6 Å². The first kappa shape index (κ1) is 22.9. The molecule has 1 aliphatic heterocycles. The van der Waals surface area contributed by atoms with Gasteiger partial charge < -0.3 is 10.6 Å². The Bertz CT molecular complexity index is 934. The molecule has 31 heavy (non-hydrogen) atoms. The molecule has 0 aliphatic carbocycles. The lowest BCUT2D eigenvalue weighted by Crippen LogP contribution is -2.48. The number of anilines is 1. The highest BCUT2D eigenvalue weighted by Gasteiger charge is 2.30. The highest BCUT2D eigenvalue weighted by atomic mass is 19.1. The Kier molecular flexibility index (Phi) is 7.43. The third-order valence-electron chi connectivity index (χ3n) is 6.24. The molecule has 1 atom stereocenters. The summed E-state index contributed by atoms with van der Waals surface area (Å²) in [6, 6.07) is 6.33. The van der Waals surface area contributed by atoms with E-state index in [0.717, 1.165) is 17.1 Å². The van der Waals surface area contributed by atoms with Gasteiger partial charge in [-0.3, -0.25) is 19.2 Å². The Morgan fingerprint density at radius 3 is 2.52 bits per heavy atom. The van der Waals surface area contributed by atoms with Crippen molar-refractivity contribution in [1.82, 2.24) is 20.0 Å². The van der Waals surface area contributed by atoms with Crippen LogP contribution in [0.3, 0.4) is 0 Å². The smallest absolute Gasteiger partial charge is 0.241 e. The van der Waals surface area contributed by atoms with Gasteiger partial charge in [-0.1, -0.05) is 18.2 Å². The van der Waals surface area contributed by atoms with Gasteiger partial charge in [0, 0.05) is 19.5 Å². The molecule has 7 nitrogen and oxygen atoms in total. The fourth-order valence-electron chi connectivity index (χ4n) is 4.06. The average molecular weight is 430 g/mol. The van der Waals surface area contributed by atoms with Crippen molar-refractivity contribution in [2.45, 2.75) is 46.1 Å². The third kappa shape index (κ3) is 5.50. The van der Waals surface area contributed by atoms with Crippen molar-refractivity contribution in [2.75, 3.05) is 25.0 Å². The topological polar surface area (TPSA) is 79.3 Å². The first-order valence-electron chi connectivity index (χ1n) is 10.8. The van der Waals surface area contributed by atoms with Gasteiger partial charge in [-0.15, -0.1) is 0 Å². The standard InChI is InChI=1S/C23H32FN5O2/c1-15-21(16(2)28(4)27-15)26-22(30)17(3)29-13-10-19(11-14-29)23(31)25-12-9-18-7-5-6-8-20(18)24/h5-8,17,19H,9-14H2,1-4H3,(H,25,31)(H,26,30)/t17-/m0/s1. The van der Waals surface area contributed by atoms with Crippen LogP contribution in [0.1, 0.15) is 36.7 Å². The van der Waals surface area contributed by atoms with Crippen LogP contribution < -0.4 is 10.6 Å². The summed E-state index contributed by atoms with van der Waals surface area (Å²) in [7, 11) is 1.85. The van der Waals surface area contributed by atoms with E-state index in [1.165, 1.54) is 6.07 Å². The Balaban J connectivity index is 1.44. The van der Waals surface area contributed by atoms with Gasteiger partial charge in [0.15, 0.2) is 0 Å². The Morgan fingerprint density at radius 1 is 1.23 bits per heavy atom. The molecule has 2 N–H and O–H groups in total. The summed E-state index contributed by atoms with van der Waals surface area (Å²) in [6.45, 7) is 7.49. The molecule has 1 saturated heterocycles. The van der Waals surface area contributed by atoms with E-state index in [2.05, 4.69) is 20.6 Å². The molecule has 0 radical (unpaired) electrons. The first-order chi connectivity index (χ1) is 14.8. The Morgan fingerprint density at radius 2 is 1.90 bits per heavy atom. The largest absolute Gasteiger partial charge is 0.356 e. The molecule has 1 fully saturated rings. The quantitative estimate of drug-likeness (QED) is 0.709. The summed E-state index contributed by atoms with van der Waals surface area (Å²) in [6.07, 6.45) is 1.88. The zero-order chi connectivity index (χ0) is 22.5. The maximum Gasteiger partial charge on any atom is 0.241 e. The highest BCUT2D eigenvalue weighted by molar-refractivity contribution is 5.95. The van der Waals surface area contributed by atoms with Crippen molar-refractivity contribution in [1.29, 1.82) is 0 Å². The lowest BCUT2D eigenvalue weighted by molar-refractivity contribution is -0.127. The van der Waals surface area contributed by atoms with Crippen LogP contribution in [0.5, 0.6) is 0 Å². The van der Waals surface area contributed by atoms with Crippen LogP contribution in [0.2, 0.25) is 0 Å². The van der Waals surface area contributed by atoms with Crippen LogP contribution in [0.15, 0.2) is 24.3 Å². The Labute approximate surface area is 183 Å². The number of benzene rings is 1. The number of hydrogen-bond acceptors (Lipinski definition) is 4. The predicted octanol–water partition coefficient (Wildman–Crippen LogP) is 2.57. The van der Waals surface area contributed by atoms with Crippen molar-refractivity contribution in [3.05, 3.63) is 47.0 Å². The van der Waals surface area contributed by atoms with Crippen molar-refractivity contribution < 1.29 is 14.0 Å². The van der Waals surface area contributed by atoms with Gasteiger partial charge in [0.2, 0.25) is 11.8 Å². The predicted molar refractivity (Wildman–Crippen MR) is 118 cm³/mol. The zero-order valence-corrected chi connectivity index (χ0v) is 18.7. The van der Waals surface area contributed by atoms with Crippen molar-refractivity contribution >= 4 is 17.5 Å². The van der Waals surface area contributed by atoms with Gasteiger partial charge in [-0.25, -0.2) is 4.39 Å². The molecule has 3 rings (SSSR count). The average Bonchev–Trinajstić information content (AvgIpc) is 3.00. The number of halogens is 1. The number of aromatic nitrogens is 2. The minimum absolute atomic E-state index is 0.00898. The summed E-state index contributed by atoms with van der Waals surface area (Å²) in [4.78, 5) is 27.3. The number of rotatable bonds is 7. The number of carbonyl (C=O) groups excluding carboxylic acids is 2.